The zero-order valence-electron chi connectivity index (χ0n) is 11.5. The van der Waals surface area contributed by atoms with E-state index < -0.39 is 0 Å². The number of hydrogen-bond donors (Lipinski definition) is 1. The first-order valence-electron chi connectivity index (χ1n) is 6.41. The van der Waals surface area contributed by atoms with Crippen molar-refractivity contribution in [2.75, 3.05) is 13.7 Å². The van der Waals surface area contributed by atoms with E-state index in [4.69, 9.17) is 9.15 Å². The predicted octanol–water partition coefficient (Wildman–Crippen LogP) is 2.34. The first-order valence-corrected chi connectivity index (χ1v) is 6.41. The smallest absolute Gasteiger partial charge is 0.233 e. The van der Waals surface area contributed by atoms with Gasteiger partial charge in [0.2, 0.25) is 11.8 Å². The number of hydrogen-bond acceptors (Lipinski definition) is 5. The Kier molecular flexibility index (Phi) is 4.52. The average Bonchev–Trinajstić information content (AvgIpc) is 2.88. The van der Waals surface area contributed by atoms with E-state index in [-0.39, 0.29) is 6.04 Å². The van der Waals surface area contributed by atoms with Crippen molar-refractivity contribution >= 4 is 0 Å². The maximum Gasteiger partial charge on any atom is 0.233 e. The molecule has 1 heterocycles. The second kappa shape index (κ2) is 6.33. The summed E-state index contributed by atoms with van der Waals surface area (Å²) in [5.74, 6) is 2.10. The molecular formula is C14H19N3O2. The van der Waals surface area contributed by atoms with Gasteiger partial charge in [0.1, 0.15) is 5.75 Å². The van der Waals surface area contributed by atoms with E-state index in [0.717, 1.165) is 17.9 Å². The molecule has 0 saturated heterocycles. The van der Waals surface area contributed by atoms with Crippen LogP contribution in [0.1, 0.15) is 37.2 Å². The lowest BCUT2D eigenvalue weighted by Crippen LogP contribution is -2.17. The van der Waals surface area contributed by atoms with Crippen LogP contribution in [0.2, 0.25) is 0 Å². The number of aromatic nitrogens is 2. The van der Waals surface area contributed by atoms with Crippen LogP contribution < -0.4 is 10.1 Å². The van der Waals surface area contributed by atoms with Crippen LogP contribution in [0.25, 0.3) is 0 Å². The summed E-state index contributed by atoms with van der Waals surface area (Å²) in [7, 11) is 1.65. The predicted molar refractivity (Wildman–Crippen MR) is 72.2 cm³/mol. The van der Waals surface area contributed by atoms with Crippen LogP contribution in [0.5, 0.6) is 5.75 Å². The molecule has 2 rings (SSSR count). The molecule has 1 unspecified atom stereocenters. The molecule has 19 heavy (non-hydrogen) atoms. The quantitative estimate of drug-likeness (QED) is 0.864. The highest BCUT2D eigenvalue weighted by Gasteiger charge is 2.12. The van der Waals surface area contributed by atoms with Gasteiger partial charge in [-0.2, -0.15) is 0 Å². The Morgan fingerprint density at radius 2 is 2.00 bits per heavy atom. The molecule has 1 atom stereocenters. The Balaban J connectivity index is 2.02. The van der Waals surface area contributed by atoms with E-state index in [2.05, 4.69) is 15.5 Å². The maximum atomic E-state index is 5.64. The van der Waals surface area contributed by atoms with Crippen LogP contribution in [-0.2, 0) is 6.42 Å². The van der Waals surface area contributed by atoms with Gasteiger partial charge in [0.15, 0.2) is 0 Å². The van der Waals surface area contributed by atoms with E-state index in [0.29, 0.717) is 18.2 Å². The van der Waals surface area contributed by atoms with Crippen LogP contribution >= 0.6 is 0 Å². The minimum Gasteiger partial charge on any atom is -0.497 e. The molecule has 0 amide bonds. The molecule has 0 aliphatic rings. The second-order valence-corrected chi connectivity index (χ2v) is 4.34. The summed E-state index contributed by atoms with van der Waals surface area (Å²) in [5.41, 5.74) is 1.12. The summed E-state index contributed by atoms with van der Waals surface area (Å²) in [6.45, 7) is 4.93. The molecular weight excluding hydrogens is 242 g/mol. The standard InChI is InChI=1S/C14H19N3O2/c1-4-15-10(2)14-17-16-13(19-14)9-11-5-7-12(18-3)8-6-11/h5-8,10,15H,4,9H2,1-3H3. The highest BCUT2D eigenvalue weighted by molar-refractivity contribution is 5.28. The molecule has 1 aromatic heterocycles. The minimum atomic E-state index is 0.0853. The highest BCUT2D eigenvalue weighted by Crippen LogP contribution is 2.16. The van der Waals surface area contributed by atoms with E-state index in [1.807, 2.05) is 38.1 Å². The average molecular weight is 261 g/mol. The zero-order chi connectivity index (χ0) is 13.7. The van der Waals surface area contributed by atoms with Crippen molar-refractivity contribution in [1.29, 1.82) is 0 Å². The Bertz CT molecular complexity index is 508. The molecule has 0 radical (unpaired) electrons. The first-order chi connectivity index (χ1) is 9.22. The molecule has 0 aliphatic heterocycles. The molecule has 0 bridgehead atoms. The Morgan fingerprint density at radius 1 is 1.26 bits per heavy atom. The fraction of sp³-hybridized carbons (Fsp3) is 0.429. The molecule has 1 N–H and O–H groups in total. The lowest BCUT2D eigenvalue weighted by molar-refractivity contribution is 0.401. The maximum absolute atomic E-state index is 5.64. The minimum absolute atomic E-state index is 0.0853. The van der Waals surface area contributed by atoms with Gasteiger partial charge in [-0.25, -0.2) is 0 Å². The van der Waals surface area contributed by atoms with Crippen molar-refractivity contribution in [3.63, 3.8) is 0 Å². The first kappa shape index (κ1) is 13.5. The summed E-state index contributed by atoms with van der Waals surface area (Å²) in [4.78, 5) is 0. The number of benzene rings is 1. The molecule has 0 fully saturated rings. The number of rotatable bonds is 6. The van der Waals surface area contributed by atoms with Crippen molar-refractivity contribution in [3.05, 3.63) is 41.6 Å². The van der Waals surface area contributed by atoms with Crippen LogP contribution in [-0.4, -0.2) is 23.9 Å². The fourth-order valence-corrected chi connectivity index (χ4v) is 1.82. The largest absolute Gasteiger partial charge is 0.497 e. The van der Waals surface area contributed by atoms with Gasteiger partial charge in [-0.15, -0.1) is 10.2 Å². The molecule has 5 nitrogen and oxygen atoms in total. The van der Waals surface area contributed by atoms with Gasteiger partial charge in [0.05, 0.1) is 19.6 Å². The summed E-state index contributed by atoms with van der Waals surface area (Å²) >= 11 is 0. The molecule has 0 saturated carbocycles. The lowest BCUT2D eigenvalue weighted by atomic mass is 10.1. The molecule has 102 valence electrons. The van der Waals surface area contributed by atoms with Gasteiger partial charge in [-0.3, -0.25) is 0 Å². The Labute approximate surface area is 113 Å². The molecule has 0 aliphatic carbocycles. The van der Waals surface area contributed by atoms with Crippen LogP contribution in [0.3, 0.4) is 0 Å². The number of nitrogens with one attached hydrogen (secondary N) is 1. The Hall–Kier alpha value is -1.88. The SMILES string of the molecule is CCNC(C)c1nnc(Cc2ccc(OC)cc2)o1. The molecule has 1 aromatic carbocycles. The summed E-state index contributed by atoms with van der Waals surface area (Å²) in [6, 6.07) is 7.93. The van der Waals surface area contributed by atoms with Gasteiger partial charge >= 0.3 is 0 Å². The van der Waals surface area contributed by atoms with Gasteiger partial charge in [-0.05, 0) is 31.2 Å². The van der Waals surface area contributed by atoms with E-state index in [1.54, 1.807) is 7.11 Å². The molecule has 0 spiro atoms. The van der Waals surface area contributed by atoms with Gasteiger partial charge in [-0.1, -0.05) is 19.1 Å². The highest BCUT2D eigenvalue weighted by atomic mass is 16.5. The Morgan fingerprint density at radius 3 is 2.63 bits per heavy atom. The van der Waals surface area contributed by atoms with Crippen molar-refractivity contribution in [2.24, 2.45) is 0 Å². The van der Waals surface area contributed by atoms with Crippen molar-refractivity contribution < 1.29 is 9.15 Å². The van der Waals surface area contributed by atoms with Crippen LogP contribution in [0.4, 0.5) is 0 Å². The molecule has 2 aromatic rings. The fourth-order valence-electron chi connectivity index (χ4n) is 1.82. The van der Waals surface area contributed by atoms with Crippen LogP contribution in [0, 0.1) is 0 Å². The number of methoxy groups -OCH3 is 1. The van der Waals surface area contributed by atoms with Crippen molar-refractivity contribution in [3.8, 4) is 5.75 Å². The summed E-state index contributed by atoms with van der Waals surface area (Å²) in [5, 5.41) is 11.4. The van der Waals surface area contributed by atoms with Gasteiger partial charge in [0.25, 0.3) is 0 Å². The lowest BCUT2D eigenvalue weighted by Gasteiger charge is -2.05. The zero-order valence-corrected chi connectivity index (χ0v) is 11.5. The summed E-state index contributed by atoms with van der Waals surface area (Å²) < 4.78 is 10.8. The van der Waals surface area contributed by atoms with E-state index in [1.165, 1.54) is 0 Å². The molecule has 5 heteroatoms. The third-order valence-electron chi connectivity index (χ3n) is 2.88. The van der Waals surface area contributed by atoms with Gasteiger partial charge < -0.3 is 14.5 Å². The third kappa shape index (κ3) is 3.54. The van der Waals surface area contributed by atoms with Gasteiger partial charge in [0, 0.05) is 0 Å². The third-order valence-corrected chi connectivity index (χ3v) is 2.88. The summed E-state index contributed by atoms with van der Waals surface area (Å²) in [6.07, 6.45) is 0.635. The van der Waals surface area contributed by atoms with Crippen molar-refractivity contribution in [1.82, 2.24) is 15.5 Å². The van der Waals surface area contributed by atoms with E-state index >= 15 is 0 Å². The van der Waals surface area contributed by atoms with Crippen molar-refractivity contribution in [2.45, 2.75) is 26.3 Å². The van der Waals surface area contributed by atoms with E-state index in [9.17, 15) is 0 Å². The number of ether oxygens (including phenoxy) is 1. The topological polar surface area (TPSA) is 60.2 Å². The second-order valence-electron chi connectivity index (χ2n) is 4.34. The number of nitrogens with zero attached hydrogens (tertiary/aromatic N) is 2. The monoisotopic (exact) mass is 261 g/mol. The van der Waals surface area contributed by atoms with Crippen LogP contribution in [0.15, 0.2) is 28.7 Å². The normalized spacial score (nSPS) is 12.4.